The molecule has 0 atom stereocenters. The summed E-state index contributed by atoms with van der Waals surface area (Å²) in [4.78, 5) is 10.8. The minimum absolute atomic E-state index is 0.0432. The molecule has 0 N–H and O–H groups in total. The summed E-state index contributed by atoms with van der Waals surface area (Å²) in [6.45, 7) is 0. The third kappa shape index (κ3) is 1.42. The highest BCUT2D eigenvalue weighted by Gasteiger charge is 2.07. The number of Topliss-reactive ketones (excluding diaryl/α,β-unsaturated/α-hetero) is 1. The molecule has 0 bridgehead atoms. The first-order chi connectivity index (χ1) is 4.34. The Morgan fingerprint density at radius 1 is 1.78 bits per heavy atom. The predicted molar refractivity (Wildman–Crippen MR) is 37.6 cm³/mol. The van der Waals surface area contributed by atoms with Crippen LogP contribution in [0.3, 0.4) is 0 Å². The third-order valence-electron chi connectivity index (χ3n) is 1.25. The average molecular weight is 143 g/mol. The molecule has 0 radical (unpaired) electrons. The zero-order valence-electron chi connectivity index (χ0n) is 4.93. The minimum Gasteiger partial charge on any atom is -0.293 e. The second-order valence-electron chi connectivity index (χ2n) is 1.88. The van der Waals surface area contributed by atoms with Crippen LogP contribution in [0.1, 0.15) is 6.42 Å². The third-order valence-corrected chi connectivity index (χ3v) is 1.49. The summed E-state index contributed by atoms with van der Waals surface area (Å²) < 4.78 is 0. The predicted octanol–water partition coefficient (Wildman–Crippen LogP) is 1.68. The van der Waals surface area contributed by atoms with E-state index in [0.29, 0.717) is 0 Å². The first-order valence-corrected chi connectivity index (χ1v) is 3.33. The Morgan fingerprint density at radius 2 is 2.56 bits per heavy atom. The molecule has 1 rings (SSSR count). The standard InChI is InChI=1S/C7H7ClO/c8-5-7(9)6-3-1-2-4-6/h1-3H,4-5H2. The quantitative estimate of drug-likeness (QED) is 0.537. The van der Waals surface area contributed by atoms with Gasteiger partial charge in [0.15, 0.2) is 5.78 Å². The van der Waals surface area contributed by atoms with Gasteiger partial charge in [-0.15, -0.1) is 11.6 Å². The summed E-state index contributed by atoms with van der Waals surface area (Å²) in [5.74, 6) is 0.148. The minimum atomic E-state index is 0.0432. The number of hydrogen-bond donors (Lipinski definition) is 0. The van der Waals surface area contributed by atoms with Gasteiger partial charge < -0.3 is 0 Å². The SMILES string of the molecule is O=C(CCl)C1=CC=CC1. The largest absolute Gasteiger partial charge is 0.293 e. The molecule has 0 aromatic rings. The maximum Gasteiger partial charge on any atom is 0.173 e. The number of carbonyl (C=O) groups excluding carboxylic acids is 1. The molecule has 0 saturated heterocycles. The van der Waals surface area contributed by atoms with Crippen molar-refractivity contribution >= 4 is 17.4 Å². The van der Waals surface area contributed by atoms with Crippen molar-refractivity contribution in [1.29, 1.82) is 0 Å². The lowest BCUT2D eigenvalue weighted by atomic mass is 10.2. The van der Waals surface area contributed by atoms with E-state index in [2.05, 4.69) is 0 Å². The molecular weight excluding hydrogens is 136 g/mol. The normalized spacial score (nSPS) is 15.9. The lowest BCUT2D eigenvalue weighted by Crippen LogP contribution is -2.00. The summed E-state index contributed by atoms with van der Waals surface area (Å²) in [7, 11) is 0. The fraction of sp³-hybridized carbons (Fsp3) is 0.286. The van der Waals surface area contributed by atoms with E-state index >= 15 is 0 Å². The van der Waals surface area contributed by atoms with Crippen molar-refractivity contribution in [3.05, 3.63) is 23.8 Å². The molecule has 1 aliphatic carbocycles. The van der Waals surface area contributed by atoms with E-state index in [1.807, 2.05) is 18.2 Å². The molecule has 0 saturated carbocycles. The van der Waals surface area contributed by atoms with Crippen LogP contribution in [0.15, 0.2) is 23.8 Å². The van der Waals surface area contributed by atoms with Crippen LogP contribution in [0.5, 0.6) is 0 Å². The van der Waals surface area contributed by atoms with Crippen LogP contribution >= 0.6 is 11.6 Å². The second kappa shape index (κ2) is 2.83. The van der Waals surface area contributed by atoms with Crippen molar-refractivity contribution in [1.82, 2.24) is 0 Å². The number of allylic oxidation sites excluding steroid dienone is 4. The Hall–Kier alpha value is -0.560. The van der Waals surface area contributed by atoms with E-state index in [0.717, 1.165) is 12.0 Å². The number of alkyl halides is 1. The number of carbonyl (C=O) groups is 1. The first-order valence-electron chi connectivity index (χ1n) is 2.79. The second-order valence-corrected chi connectivity index (χ2v) is 2.15. The monoisotopic (exact) mass is 142 g/mol. The molecule has 2 heteroatoms. The number of hydrogen-bond acceptors (Lipinski definition) is 1. The Labute approximate surface area is 59.0 Å². The van der Waals surface area contributed by atoms with Gasteiger partial charge in [0.1, 0.15) is 0 Å². The van der Waals surface area contributed by atoms with Crippen LogP contribution in [-0.4, -0.2) is 11.7 Å². The molecule has 0 amide bonds. The molecule has 0 aromatic heterocycles. The number of halogens is 1. The van der Waals surface area contributed by atoms with Crippen LogP contribution in [-0.2, 0) is 4.79 Å². The fourth-order valence-corrected chi connectivity index (χ4v) is 0.911. The molecule has 1 nitrogen and oxygen atoms in total. The lowest BCUT2D eigenvalue weighted by molar-refractivity contribution is -0.113. The van der Waals surface area contributed by atoms with E-state index in [1.165, 1.54) is 0 Å². The summed E-state index contributed by atoms with van der Waals surface area (Å²) in [6, 6.07) is 0. The van der Waals surface area contributed by atoms with Crippen molar-refractivity contribution in [3.63, 3.8) is 0 Å². The van der Waals surface area contributed by atoms with Crippen molar-refractivity contribution in [3.8, 4) is 0 Å². The molecule has 0 aromatic carbocycles. The van der Waals surface area contributed by atoms with Crippen molar-refractivity contribution in [2.24, 2.45) is 0 Å². The summed E-state index contributed by atoms with van der Waals surface area (Å²) in [5.41, 5.74) is 0.824. The molecule has 0 heterocycles. The van der Waals surface area contributed by atoms with Gasteiger partial charge in [-0.3, -0.25) is 4.79 Å². The summed E-state index contributed by atoms with van der Waals surface area (Å²) in [5, 5.41) is 0. The van der Waals surface area contributed by atoms with E-state index < -0.39 is 0 Å². The molecule has 1 aliphatic rings. The van der Waals surface area contributed by atoms with Crippen LogP contribution in [0.25, 0.3) is 0 Å². The zero-order chi connectivity index (χ0) is 6.69. The topological polar surface area (TPSA) is 17.1 Å². The van der Waals surface area contributed by atoms with Gasteiger partial charge in [0.25, 0.3) is 0 Å². The maximum atomic E-state index is 10.8. The van der Waals surface area contributed by atoms with Gasteiger partial charge in [-0.05, 0) is 6.42 Å². The number of ketones is 1. The lowest BCUT2D eigenvalue weighted by Gasteiger charge is -1.92. The summed E-state index contributed by atoms with van der Waals surface area (Å²) >= 11 is 5.31. The smallest absolute Gasteiger partial charge is 0.173 e. The van der Waals surface area contributed by atoms with Gasteiger partial charge >= 0.3 is 0 Å². The maximum absolute atomic E-state index is 10.8. The summed E-state index contributed by atoms with van der Waals surface area (Å²) in [6.07, 6.45) is 6.38. The highest BCUT2D eigenvalue weighted by Crippen LogP contribution is 2.11. The Bertz CT molecular complexity index is 179. The van der Waals surface area contributed by atoms with Gasteiger partial charge in [0, 0.05) is 5.57 Å². The first kappa shape index (κ1) is 6.56. The van der Waals surface area contributed by atoms with E-state index in [1.54, 1.807) is 0 Å². The van der Waals surface area contributed by atoms with Crippen LogP contribution in [0, 0.1) is 0 Å². The van der Waals surface area contributed by atoms with E-state index in [-0.39, 0.29) is 11.7 Å². The molecule has 0 unspecified atom stereocenters. The average Bonchev–Trinajstić information content (AvgIpc) is 2.37. The molecule has 0 aliphatic heterocycles. The van der Waals surface area contributed by atoms with Crippen molar-refractivity contribution in [2.75, 3.05) is 5.88 Å². The molecule has 48 valence electrons. The van der Waals surface area contributed by atoms with Crippen molar-refractivity contribution < 1.29 is 4.79 Å². The molecule has 0 fully saturated rings. The van der Waals surface area contributed by atoms with Gasteiger partial charge in [0.05, 0.1) is 5.88 Å². The molecule has 9 heavy (non-hydrogen) atoms. The van der Waals surface area contributed by atoms with Gasteiger partial charge in [0.2, 0.25) is 0 Å². The molecule has 0 spiro atoms. The van der Waals surface area contributed by atoms with Crippen LogP contribution in [0.4, 0.5) is 0 Å². The van der Waals surface area contributed by atoms with Gasteiger partial charge in [-0.2, -0.15) is 0 Å². The van der Waals surface area contributed by atoms with Crippen LogP contribution in [0.2, 0.25) is 0 Å². The Morgan fingerprint density at radius 3 is 3.00 bits per heavy atom. The highest BCUT2D eigenvalue weighted by atomic mass is 35.5. The number of rotatable bonds is 2. The van der Waals surface area contributed by atoms with Crippen molar-refractivity contribution in [2.45, 2.75) is 6.42 Å². The zero-order valence-corrected chi connectivity index (χ0v) is 5.69. The Kier molecular flexibility index (Phi) is 2.06. The fourth-order valence-electron chi connectivity index (χ4n) is 0.740. The van der Waals surface area contributed by atoms with Gasteiger partial charge in [-0.1, -0.05) is 18.2 Å². The highest BCUT2D eigenvalue weighted by molar-refractivity contribution is 6.30. The van der Waals surface area contributed by atoms with Gasteiger partial charge in [-0.25, -0.2) is 0 Å². The molecular formula is C7H7ClO. The van der Waals surface area contributed by atoms with E-state index in [4.69, 9.17) is 11.6 Å². The Balaban J connectivity index is 2.55. The van der Waals surface area contributed by atoms with Crippen LogP contribution < -0.4 is 0 Å². The van der Waals surface area contributed by atoms with E-state index in [9.17, 15) is 4.79 Å².